The Hall–Kier alpha value is -0.160. The molecule has 0 spiro atoms. The summed E-state index contributed by atoms with van der Waals surface area (Å²) in [5.41, 5.74) is 6.74. The molecule has 1 aromatic rings. The van der Waals surface area contributed by atoms with Crippen molar-refractivity contribution in [2.45, 2.75) is 25.9 Å². The third-order valence-electron chi connectivity index (χ3n) is 3.46. The van der Waals surface area contributed by atoms with Crippen LogP contribution in [0.4, 0.5) is 4.39 Å². The molecule has 0 bridgehead atoms. The molecule has 18 heavy (non-hydrogen) atoms. The van der Waals surface area contributed by atoms with Crippen LogP contribution in [0.2, 0.25) is 0 Å². The molecule has 102 valence electrons. The van der Waals surface area contributed by atoms with E-state index < -0.39 is 0 Å². The molecule has 0 aliphatic carbocycles. The van der Waals surface area contributed by atoms with Crippen LogP contribution >= 0.6 is 28.3 Å². The minimum Gasteiger partial charge on any atom is -0.327 e. The van der Waals surface area contributed by atoms with Gasteiger partial charge < -0.3 is 5.73 Å². The normalized spacial score (nSPS) is 24.7. The fourth-order valence-electron chi connectivity index (χ4n) is 2.28. The summed E-state index contributed by atoms with van der Waals surface area (Å²) < 4.78 is 14.5. The summed E-state index contributed by atoms with van der Waals surface area (Å²) in [5.74, 6) is 0.351. The second kappa shape index (κ2) is 6.85. The topological polar surface area (TPSA) is 29.3 Å². The minimum absolute atomic E-state index is 0. The van der Waals surface area contributed by atoms with Crippen molar-refractivity contribution in [3.63, 3.8) is 0 Å². The predicted molar refractivity (Wildman–Crippen MR) is 78.4 cm³/mol. The quantitative estimate of drug-likeness (QED) is 0.898. The molecule has 0 saturated carbocycles. The molecule has 1 aliphatic rings. The van der Waals surface area contributed by atoms with Gasteiger partial charge in [-0.25, -0.2) is 4.39 Å². The zero-order valence-electron chi connectivity index (χ0n) is 10.4. The summed E-state index contributed by atoms with van der Waals surface area (Å²) in [6.07, 6.45) is 0.999. The molecule has 1 heterocycles. The number of halogens is 3. The van der Waals surface area contributed by atoms with Gasteiger partial charge in [0.15, 0.2) is 0 Å². The Labute approximate surface area is 122 Å². The Kier molecular flexibility index (Phi) is 6.05. The number of hydrogen-bond donors (Lipinski definition) is 1. The maximum Gasteiger partial charge on any atom is 0.128 e. The summed E-state index contributed by atoms with van der Waals surface area (Å²) >= 11 is 3.27. The van der Waals surface area contributed by atoms with Gasteiger partial charge in [-0.3, -0.25) is 4.90 Å². The van der Waals surface area contributed by atoms with E-state index in [0.717, 1.165) is 29.5 Å². The van der Waals surface area contributed by atoms with Crippen molar-refractivity contribution in [1.29, 1.82) is 0 Å². The van der Waals surface area contributed by atoms with Crippen LogP contribution in [0.3, 0.4) is 0 Å². The molecule has 0 aromatic heterocycles. The monoisotopic (exact) mass is 336 g/mol. The lowest BCUT2D eigenvalue weighted by Gasteiger charge is -2.35. The molecule has 2 N–H and O–H groups in total. The number of rotatable bonds is 2. The molecule has 1 aromatic carbocycles. The van der Waals surface area contributed by atoms with Crippen molar-refractivity contribution in [3.05, 3.63) is 34.1 Å². The number of benzene rings is 1. The number of piperidine rings is 1. The highest BCUT2D eigenvalue weighted by molar-refractivity contribution is 9.10. The molecule has 1 fully saturated rings. The van der Waals surface area contributed by atoms with Gasteiger partial charge >= 0.3 is 0 Å². The van der Waals surface area contributed by atoms with E-state index in [0.29, 0.717) is 18.5 Å². The fraction of sp³-hybridized carbons (Fsp3) is 0.538. The van der Waals surface area contributed by atoms with E-state index in [4.69, 9.17) is 5.73 Å². The Balaban J connectivity index is 0.00000162. The van der Waals surface area contributed by atoms with Crippen molar-refractivity contribution in [2.75, 3.05) is 13.1 Å². The van der Waals surface area contributed by atoms with Gasteiger partial charge in [0.05, 0.1) is 0 Å². The number of nitrogens with zero attached hydrogens (tertiary/aromatic N) is 1. The van der Waals surface area contributed by atoms with Crippen LogP contribution in [0.1, 0.15) is 18.9 Å². The van der Waals surface area contributed by atoms with Crippen LogP contribution in [0.5, 0.6) is 0 Å². The second-order valence-corrected chi connectivity index (χ2v) is 5.82. The van der Waals surface area contributed by atoms with Gasteiger partial charge in [-0.15, -0.1) is 12.4 Å². The number of likely N-dealkylation sites (tertiary alicyclic amines) is 1. The van der Waals surface area contributed by atoms with Gasteiger partial charge in [-0.1, -0.05) is 28.9 Å². The molecule has 2 rings (SSSR count). The average molecular weight is 338 g/mol. The summed E-state index contributed by atoms with van der Waals surface area (Å²) in [4.78, 5) is 2.28. The summed E-state index contributed by atoms with van der Waals surface area (Å²) in [7, 11) is 0. The van der Waals surface area contributed by atoms with Crippen LogP contribution < -0.4 is 5.73 Å². The third kappa shape index (κ3) is 3.92. The van der Waals surface area contributed by atoms with Crippen LogP contribution in [0, 0.1) is 11.7 Å². The summed E-state index contributed by atoms with van der Waals surface area (Å²) in [6, 6.07) is 5.55. The van der Waals surface area contributed by atoms with Crippen LogP contribution in [-0.4, -0.2) is 24.0 Å². The first-order valence-corrected chi connectivity index (χ1v) is 6.77. The van der Waals surface area contributed by atoms with Crippen molar-refractivity contribution in [3.8, 4) is 0 Å². The molecule has 1 aliphatic heterocycles. The molecule has 2 nitrogen and oxygen atoms in total. The van der Waals surface area contributed by atoms with E-state index in [1.54, 1.807) is 0 Å². The van der Waals surface area contributed by atoms with Crippen molar-refractivity contribution >= 4 is 28.3 Å². The molecular weight excluding hydrogens is 319 g/mol. The Morgan fingerprint density at radius 2 is 2.22 bits per heavy atom. The van der Waals surface area contributed by atoms with Crippen LogP contribution in [-0.2, 0) is 6.54 Å². The predicted octanol–water partition coefficient (Wildman–Crippen LogP) is 3.18. The van der Waals surface area contributed by atoms with E-state index in [9.17, 15) is 4.39 Å². The molecular formula is C13H19BrClFN2. The fourth-order valence-corrected chi connectivity index (χ4v) is 2.62. The van der Waals surface area contributed by atoms with E-state index in [1.807, 2.05) is 12.1 Å². The van der Waals surface area contributed by atoms with Crippen molar-refractivity contribution in [2.24, 2.45) is 11.7 Å². The van der Waals surface area contributed by atoms with Gasteiger partial charge in [0.25, 0.3) is 0 Å². The maximum absolute atomic E-state index is 13.7. The van der Waals surface area contributed by atoms with E-state index in [2.05, 4.69) is 27.8 Å². The van der Waals surface area contributed by atoms with Crippen LogP contribution in [0.15, 0.2) is 22.7 Å². The number of hydrogen-bond acceptors (Lipinski definition) is 2. The van der Waals surface area contributed by atoms with E-state index in [1.165, 1.54) is 6.07 Å². The zero-order chi connectivity index (χ0) is 12.4. The lowest BCUT2D eigenvalue weighted by Crippen LogP contribution is -2.45. The molecule has 0 radical (unpaired) electrons. The van der Waals surface area contributed by atoms with Gasteiger partial charge in [-0.05, 0) is 31.0 Å². The lowest BCUT2D eigenvalue weighted by molar-refractivity contribution is 0.156. The summed E-state index contributed by atoms with van der Waals surface area (Å²) in [5, 5.41) is 0. The highest BCUT2D eigenvalue weighted by Crippen LogP contribution is 2.20. The molecule has 1 saturated heterocycles. The maximum atomic E-state index is 13.7. The van der Waals surface area contributed by atoms with E-state index in [-0.39, 0.29) is 18.2 Å². The van der Waals surface area contributed by atoms with Gasteiger partial charge in [0.2, 0.25) is 0 Å². The van der Waals surface area contributed by atoms with Crippen molar-refractivity contribution in [1.82, 2.24) is 4.90 Å². The first-order valence-electron chi connectivity index (χ1n) is 5.98. The van der Waals surface area contributed by atoms with Crippen LogP contribution in [0.25, 0.3) is 0 Å². The Bertz CT molecular complexity index is 403. The largest absolute Gasteiger partial charge is 0.327 e. The first kappa shape index (κ1) is 15.9. The zero-order valence-corrected chi connectivity index (χ0v) is 12.8. The summed E-state index contributed by atoms with van der Waals surface area (Å²) in [6.45, 7) is 4.75. The van der Waals surface area contributed by atoms with Gasteiger partial charge in [-0.2, -0.15) is 0 Å². The molecule has 2 unspecified atom stereocenters. The van der Waals surface area contributed by atoms with E-state index >= 15 is 0 Å². The Morgan fingerprint density at radius 1 is 1.50 bits per heavy atom. The van der Waals surface area contributed by atoms with Crippen molar-refractivity contribution < 1.29 is 4.39 Å². The first-order chi connectivity index (χ1) is 8.06. The third-order valence-corrected chi connectivity index (χ3v) is 3.96. The van der Waals surface area contributed by atoms with Gasteiger partial charge in [0, 0.05) is 29.2 Å². The Morgan fingerprint density at radius 3 is 2.83 bits per heavy atom. The highest BCUT2D eigenvalue weighted by Gasteiger charge is 2.23. The second-order valence-electron chi connectivity index (χ2n) is 4.90. The van der Waals surface area contributed by atoms with Gasteiger partial charge in [0.1, 0.15) is 5.82 Å². The lowest BCUT2D eigenvalue weighted by atomic mass is 9.94. The molecule has 0 amide bonds. The standard InChI is InChI=1S/C13H18BrFN2.ClH/c1-9-7-17(5-4-13(9)16)8-10-2-3-11(14)6-12(10)15;/h2-3,6,9,13H,4-5,7-8,16H2,1H3;1H. The molecule has 2 atom stereocenters. The average Bonchev–Trinajstić information content (AvgIpc) is 2.27. The highest BCUT2D eigenvalue weighted by atomic mass is 79.9. The molecule has 5 heteroatoms. The minimum atomic E-state index is -0.137. The smallest absolute Gasteiger partial charge is 0.128 e. The number of nitrogens with two attached hydrogens (primary N) is 1. The SMILES string of the molecule is CC1CN(Cc2ccc(Br)cc2F)CCC1N.Cl.